The minimum absolute atomic E-state index is 0.0394. The summed E-state index contributed by atoms with van der Waals surface area (Å²) in [5.74, 6) is 2.49. The van der Waals surface area contributed by atoms with Crippen molar-refractivity contribution in [1.29, 1.82) is 0 Å². The van der Waals surface area contributed by atoms with Gasteiger partial charge in [-0.1, -0.05) is 166 Å². The molecule has 0 saturated carbocycles. The van der Waals surface area contributed by atoms with Gasteiger partial charge in [0, 0.05) is 78.3 Å². The minimum Gasteiger partial charge on any atom is -0.456 e. The maximum Gasteiger partial charge on any atom is 0.252 e. The lowest BCUT2D eigenvalue weighted by Crippen LogP contribution is -2.61. The zero-order valence-corrected chi connectivity index (χ0v) is 45.9. The second kappa shape index (κ2) is 18.4. The molecule has 2 aliphatic rings. The Labute approximate surface area is 476 Å². The summed E-state index contributed by atoms with van der Waals surface area (Å²) >= 11 is 0. The number of nitrogens with zero attached hydrogens (tertiary/aromatic N) is 3. The number of anilines is 9. The Morgan fingerprint density at radius 3 is 1.52 bits per heavy atom. The number of hydrogen-bond donors (Lipinski definition) is 0. The topological polar surface area (TPSA) is 49.1 Å². The van der Waals surface area contributed by atoms with Crippen molar-refractivity contribution < 1.29 is 13.3 Å². The first kappa shape index (κ1) is 47.7. The van der Waals surface area contributed by atoms with Crippen LogP contribution in [0.25, 0.3) is 77.7 Å². The number of para-hydroxylation sites is 5. The van der Waals surface area contributed by atoms with E-state index in [1.807, 2.05) is 36.4 Å². The van der Waals surface area contributed by atoms with Gasteiger partial charge in [0.05, 0.1) is 5.69 Å². The van der Waals surface area contributed by atoms with E-state index in [4.69, 9.17) is 13.3 Å². The lowest BCUT2D eigenvalue weighted by atomic mass is 9.33. The summed E-state index contributed by atoms with van der Waals surface area (Å²) in [4.78, 5) is 7.46. The summed E-state index contributed by atoms with van der Waals surface area (Å²) in [7, 11) is 0. The highest BCUT2D eigenvalue weighted by Crippen LogP contribution is 2.50. The van der Waals surface area contributed by atoms with E-state index in [1.165, 1.54) is 27.5 Å². The molecule has 0 fully saturated rings. The predicted octanol–water partition coefficient (Wildman–Crippen LogP) is 19.2. The first-order valence-electron chi connectivity index (χ1n) is 28.2. The molecule has 0 saturated heterocycles. The van der Waals surface area contributed by atoms with Gasteiger partial charge in [-0.25, -0.2) is 0 Å². The molecule has 14 aromatic rings. The Morgan fingerprint density at radius 2 is 0.878 bits per heavy atom. The van der Waals surface area contributed by atoms with Crippen LogP contribution in [0.4, 0.5) is 51.2 Å². The third-order valence-electron chi connectivity index (χ3n) is 16.9. The van der Waals surface area contributed by atoms with Gasteiger partial charge in [-0.05, 0) is 160 Å². The van der Waals surface area contributed by atoms with Gasteiger partial charge < -0.3 is 28.0 Å². The highest BCUT2D eigenvalue weighted by atomic mass is 16.3. The van der Waals surface area contributed by atoms with Gasteiger partial charge in [-0.2, -0.15) is 0 Å². The fraction of sp³-hybridized carbons (Fsp3) is 0.0667. The summed E-state index contributed by atoms with van der Waals surface area (Å²) in [5.41, 5.74) is 21.4. The number of furan rings is 3. The highest BCUT2D eigenvalue weighted by Gasteiger charge is 2.44. The maximum atomic E-state index is 6.68. The predicted molar refractivity (Wildman–Crippen MR) is 342 cm³/mol. The molecule has 3 aromatic heterocycles. The molecular formula is C75H54BN3O3. The lowest BCUT2D eigenvalue weighted by Gasteiger charge is -2.45. The highest BCUT2D eigenvalue weighted by molar-refractivity contribution is 7.00. The van der Waals surface area contributed by atoms with Crippen molar-refractivity contribution in [2.24, 2.45) is 0 Å². The van der Waals surface area contributed by atoms with Gasteiger partial charge in [0.1, 0.15) is 34.0 Å². The number of hydrogen-bond acceptors (Lipinski definition) is 6. The van der Waals surface area contributed by atoms with Crippen LogP contribution in [0.15, 0.2) is 268 Å². The van der Waals surface area contributed by atoms with Gasteiger partial charge in [-0.3, -0.25) is 0 Å². The molecule has 0 spiro atoms. The van der Waals surface area contributed by atoms with Crippen LogP contribution < -0.4 is 31.1 Å². The van der Waals surface area contributed by atoms with Crippen molar-refractivity contribution >= 4 is 118 Å². The van der Waals surface area contributed by atoms with Gasteiger partial charge >= 0.3 is 0 Å². The number of rotatable bonds is 8. The molecule has 82 heavy (non-hydrogen) atoms. The van der Waals surface area contributed by atoms with E-state index in [1.54, 1.807) is 0 Å². The van der Waals surface area contributed by atoms with E-state index in [2.05, 4.69) is 261 Å². The largest absolute Gasteiger partial charge is 0.456 e. The summed E-state index contributed by atoms with van der Waals surface area (Å²) in [5, 5.41) is 5.48. The third-order valence-corrected chi connectivity index (χ3v) is 16.9. The van der Waals surface area contributed by atoms with Crippen molar-refractivity contribution in [2.45, 2.75) is 33.1 Å². The quantitative estimate of drug-likeness (QED) is 0.141. The Kier molecular flexibility index (Phi) is 10.7. The van der Waals surface area contributed by atoms with Crippen molar-refractivity contribution in [2.75, 3.05) is 14.7 Å². The molecule has 6 nitrogen and oxygen atoms in total. The molecule has 5 heterocycles. The third kappa shape index (κ3) is 7.79. The molecular weight excluding hydrogens is 1000 g/mol. The monoisotopic (exact) mass is 1060 g/mol. The van der Waals surface area contributed by atoms with Crippen LogP contribution >= 0.6 is 0 Å². The molecule has 0 aliphatic carbocycles. The van der Waals surface area contributed by atoms with E-state index < -0.39 is 0 Å². The average Bonchev–Trinajstić information content (AvgIpc) is 2.91. The summed E-state index contributed by atoms with van der Waals surface area (Å²) in [6.07, 6.45) is 0. The Morgan fingerprint density at radius 1 is 0.354 bits per heavy atom. The number of aryl methyl sites for hydroxylation is 1. The molecule has 390 valence electrons. The number of benzene rings is 11. The van der Waals surface area contributed by atoms with Gasteiger partial charge in [-0.15, -0.1) is 0 Å². The van der Waals surface area contributed by atoms with E-state index in [0.29, 0.717) is 0 Å². The van der Waals surface area contributed by atoms with Gasteiger partial charge in [0.15, 0.2) is 0 Å². The van der Waals surface area contributed by atoms with E-state index in [9.17, 15) is 0 Å². The zero-order valence-electron chi connectivity index (χ0n) is 45.9. The van der Waals surface area contributed by atoms with Crippen molar-refractivity contribution in [1.82, 2.24) is 0 Å². The molecule has 11 aromatic carbocycles. The Bertz CT molecular complexity index is 4770. The van der Waals surface area contributed by atoms with Crippen LogP contribution in [-0.2, 0) is 5.41 Å². The van der Waals surface area contributed by atoms with E-state index >= 15 is 0 Å². The van der Waals surface area contributed by atoms with Crippen LogP contribution in [-0.4, -0.2) is 6.71 Å². The van der Waals surface area contributed by atoms with Crippen LogP contribution in [0.5, 0.6) is 0 Å². The second-order valence-corrected chi connectivity index (χ2v) is 23.0. The smallest absolute Gasteiger partial charge is 0.252 e. The van der Waals surface area contributed by atoms with Crippen LogP contribution in [0.2, 0.25) is 0 Å². The summed E-state index contributed by atoms with van der Waals surface area (Å²) < 4.78 is 19.7. The molecule has 2 aliphatic heterocycles. The van der Waals surface area contributed by atoms with Gasteiger partial charge in [0.25, 0.3) is 6.71 Å². The normalized spacial score (nSPS) is 12.8. The molecule has 0 radical (unpaired) electrons. The molecule has 0 bridgehead atoms. The number of fused-ring (bicyclic) bond motifs is 8. The lowest BCUT2D eigenvalue weighted by molar-refractivity contribution is 0.590. The Balaban J connectivity index is 0.966. The standard InChI is InChI=1S/C75H54BN3O3/c1-47-16-5-10-23-63(47)79-64-24-11-9-22-61(64)76-62-37-31-55(73-44-53-19-8-14-27-70(53)82-73)41-65(62)78(58-21-15-20-50(40-58)71-42-51-17-6-12-25-68(51)80-71)66-45-60(46-67(79)74(66)76)77(57-35-32-56(33-36-57)75(2,3)4)59-34-30-48-38-54(29-28-49(48)39-59)72-43-52-18-7-13-26-69(52)81-72/h5-46H,1-4H3. The molecule has 7 heteroatoms. The van der Waals surface area contributed by atoms with Crippen molar-refractivity contribution in [3.8, 4) is 34.0 Å². The maximum absolute atomic E-state index is 6.68. The molecule has 0 amide bonds. The van der Waals surface area contributed by atoms with E-state index in [-0.39, 0.29) is 12.1 Å². The van der Waals surface area contributed by atoms with E-state index in [0.717, 1.165) is 129 Å². The fourth-order valence-corrected chi connectivity index (χ4v) is 12.8. The molecule has 0 atom stereocenters. The molecule has 0 unspecified atom stereocenters. The molecule has 0 N–H and O–H groups in total. The van der Waals surface area contributed by atoms with Crippen LogP contribution in [0.1, 0.15) is 31.9 Å². The molecule has 16 rings (SSSR count). The van der Waals surface area contributed by atoms with Crippen LogP contribution in [0.3, 0.4) is 0 Å². The van der Waals surface area contributed by atoms with Crippen molar-refractivity contribution in [3.63, 3.8) is 0 Å². The average molecular weight is 1060 g/mol. The summed E-state index contributed by atoms with van der Waals surface area (Å²) in [6.45, 7) is 8.94. The minimum atomic E-state index is -0.119. The zero-order chi connectivity index (χ0) is 54.8. The first-order valence-corrected chi connectivity index (χ1v) is 28.2. The van der Waals surface area contributed by atoms with Crippen molar-refractivity contribution in [3.05, 3.63) is 266 Å². The van der Waals surface area contributed by atoms with Gasteiger partial charge in [0.2, 0.25) is 0 Å². The summed E-state index contributed by atoms with van der Waals surface area (Å²) in [6, 6.07) is 92.3. The Hall–Kier alpha value is -10.2. The second-order valence-electron chi connectivity index (χ2n) is 23.0. The SMILES string of the molecule is Cc1ccccc1N1c2ccccc2B2c3ccc(-c4cc5ccccc5o4)cc3N(c3cccc(-c4cc5ccccc5o4)c3)c3cc(N(c4ccc(C(C)(C)C)cc4)c4ccc5cc(-c6cc7ccccc7o6)ccc5c4)cc1c32. The fourth-order valence-electron chi connectivity index (χ4n) is 12.8. The first-order chi connectivity index (χ1) is 40.1. The van der Waals surface area contributed by atoms with Crippen LogP contribution in [0, 0.1) is 6.92 Å².